The molecule has 2 aliphatic heterocycles. The molecule has 0 unspecified atom stereocenters. The van der Waals surface area contributed by atoms with Gasteiger partial charge in [-0.15, -0.1) is 11.8 Å². The summed E-state index contributed by atoms with van der Waals surface area (Å²) in [5, 5.41) is 2.81. The number of aromatic nitrogens is 1. The Balaban J connectivity index is 1.42. The zero-order valence-electron chi connectivity index (χ0n) is 14.0. The second kappa shape index (κ2) is 6.87. The summed E-state index contributed by atoms with van der Waals surface area (Å²) in [6.45, 7) is 2.00. The van der Waals surface area contributed by atoms with Gasteiger partial charge in [0.25, 0.3) is 11.8 Å². The van der Waals surface area contributed by atoms with Gasteiger partial charge in [-0.05, 0) is 24.3 Å². The highest BCUT2D eigenvalue weighted by atomic mass is 32.2. The van der Waals surface area contributed by atoms with Crippen LogP contribution in [0, 0.1) is 0 Å². The Hall–Kier alpha value is -2.74. The van der Waals surface area contributed by atoms with Crippen LogP contribution in [0.2, 0.25) is 0 Å². The summed E-state index contributed by atoms with van der Waals surface area (Å²) in [6, 6.07) is 7.15. The number of H-pyrrole nitrogens is 1. The van der Waals surface area contributed by atoms with Crippen molar-refractivity contribution >= 4 is 35.2 Å². The van der Waals surface area contributed by atoms with Gasteiger partial charge in [-0.1, -0.05) is 0 Å². The second-order valence-electron chi connectivity index (χ2n) is 6.23. The van der Waals surface area contributed by atoms with E-state index in [2.05, 4.69) is 10.3 Å². The van der Waals surface area contributed by atoms with Crippen molar-refractivity contribution in [2.75, 3.05) is 37.2 Å². The molecule has 2 aromatic rings. The molecule has 0 radical (unpaired) electrons. The van der Waals surface area contributed by atoms with Gasteiger partial charge in [0, 0.05) is 49.0 Å². The second-order valence-corrected chi connectivity index (χ2v) is 7.25. The Kier molecular flexibility index (Phi) is 4.42. The number of nitrogens with one attached hydrogen (secondary N) is 2. The van der Waals surface area contributed by atoms with Gasteiger partial charge in [-0.25, -0.2) is 0 Å². The maximum atomic E-state index is 12.8. The first kappa shape index (κ1) is 16.7. The molecule has 7 nitrogen and oxygen atoms in total. The average Bonchev–Trinajstić information content (AvgIpc) is 3.21. The quantitative estimate of drug-likeness (QED) is 0.842. The number of piperazine rings is 1. The summed E-state index contributed by atoms with van der Waals surface area (Å²) in [5.74, 6) is 0.249. The molecule has 1 saturated heterocycles. The molecule has 0 spiro atoms. The van der Waals surface area contributed by atoms with Crippen molar-refractivity contribution in [2.24, 2.45) is 0 Å². The van der Waals surface area contributed by atoms with Crippen molar-refractivity contribution in [1.82, 2.24) is 14.8 Å². The number of thioether (sulfide) groups is 1. The summed E-state index contributed by atoms with van der Waals surface area (Å²) in [7, 11) is 0. The van der Waals surface area contributed by atoms with E-state index in [-0.39, 0.29) is 17.7 Å². The van der Waals surface area contributed by atoms with Crippen LogP contribution in [0.5, 0.6) is 0 Å². The average molecular weight is 370 g/mol. The predicted octanol–water partition coefficient (Wildman–Crippen LogP) is 1.66. The van der Waals surface area contributed by atoms with Crippen LogP contribution in [0.3, 0.4) is 0 Å². The number of benzene rings is 1. The molecule has 8 heteroatoms. The highest BCUT2D eigenvalue weighted by Crippen LogP contribution is 2.32. The van der Waals surface area contributed by atoms with Crippen molar-refractivity contribution in [3.8, 4) is 0 Å². The zero-order valence-corrected chi connectivity index (χ0v) is 14.8. The Morgan fingerprint density at radius 2 is 1.65 bits per heavy atom. The summed E-state index contributed by atoms with van der Waals surface area (Å²) in [4.78, 5) is 44.0. The number of aromatic amines is 1. The van der Waals surface area contributed by atoms with Gasteiger partial charge in [0.05, 0.1) is 17.0 Å². The van der Waals surface area contributed by atoms with E-state index in [9.17, 15) is 14.4 Å². The smallest absolute Gasteiger partial charge is 0.255 e. The fourth-order valence-electron chi connectivity index (χ4n) is 3.15. The SMILES string of the molecule is O=C1CSc2ccc(C(=O)N3CCN(C(=O)c4cc[nH]c4)CC3)cc2N1. The van der Waals surface area contributed by atoms with Crippen LogP contribution >= 0.6 is 11.8 Å². The minimum Gasteiger partial charge on any atom is -0.367 e. The van der Waals surface area contributed by atoms with Crippen LogP contribution in [-0.2, 0) is 4.79 Å². The minimum atomic E-state index is -0.0774. The molecule has 0 bridgehead atoms. The Labute approximate surface area is 154 Å². The van der Waals surface area contributed by atoms with Crippen molar-refractivity contribution in [2.45, 2.75) is 4.90 Å². The molecule has 1 aromatic heterocycles. The number of amides is 3. The van der Waals surface area contributed by atoms with Gasteiger partial charge in [0.15, 0.2) is 0 Å². The molecule has 4 rings (SSSR count). The van der Waals surface area contributed by atoms with Crippen LogP contribution in [0.4, 0.5) is 5.69 Å². The Morgan fingerprint density at radius 1 is 0.962 bits per heavy atom. The normalized spacial score (nSPS) is 16.8. The van der Waals surface area contributed by atoms with E-state index in [1.165, 1.54) is 11.8 Å². The predicted molar refractivity (Wildman–Crippen MR) is 98.4 cm³/mol. The summed E-state index contributed by atoms with van der Waals surface area (Å²) < 4.78 is 0. The largest absolute Gasteiger partial charge is 0.367 e. The first-order valence-electron chi connectivity index (χ1n) is 8.40. The number of nitrogens with zero attached hydrogens (tertiary/aromatic N) is 2. The Morgan fingerprint density at radius 3 is 2.31 bits per heavy atom. The highest BCUT2D eigenvalue weighted by molar-refractivity contribution is 8.00. The molecule has 26 heavy (non-hydrogen) atoms. The molecule has 1 aromatic carbocycles. The third kappa shape index (κ3) is 3.20. The molecular formula is C18H18N4O3S. The summed E-state index contributed by atoms with van der Waals surface area (Å²) >= 11 is 1.47. The van der Waals surface area contributed by atoms with Crippen LogP contribution < -0.4 is 5.32 Å². The topological polar surface area (TPSA) is 85.5 Å². The lowest BCUT2D eigenvalue weighted by Crippen LogP contribution is -2.50. The lowest BCUT2D eigenvalue weighted by molar-refractivity contribution is -0.113. The monoisotopic (exact) mass is 370 g/mol. The van der Waals surface area contributed by atoms with E-state index in [0.717, 1.165) is 4.90 Å². The molecule has 1 fully saturated rings. The summed E-state index contributed by atoms with van der Waals surface area (Å²) in [6.07, 6.45) is 3.40. The zero-order chi connectivity index (χ0) is 18.1. The molecule has 0 atom stereocenters. The van der Waals surface area contributed by atoms with Gasteiger partial charge in [-0.2, -0.15) is 0 Å². The molecule has 0 saturated carbocycles. The molecular weight excluding hydrogens is 352 g/mol. The molecule has 134 valence electrons. The van der Waals surface area contributed by atoms with E-state index in [0.29, 0.717) is 48.7 Å². The van der Waals surface area contributed by atoms with E-state index < -0.39 is 0 Å². The van der Waals surface area contributed by atoms with Crippen LogP contribution in [-0.4, -0.2) is 64.4 Å². The van der Waals surface area contributed by atoms with E-state index in [4.69, 9.17) is 0 Å². The minimum absolute atomic E-state index is 0.0214. The van der Waals surface area contributed by atoms with Gasteiger partial charge < -0.3 is 20.1 Å². The van der Waals surface area contributed by atoms with E-state index in [1.807, 2.05) is 6.07 Å². The molecule has 0 aliphatic carbocycles. The highest BCUT2D eigenvalue weighted by Gasteiger charge is 2.26. The maximum Gasteiger partial charge on any atom is 0.255 e. The third-order valence-corrected chi connectivity index (χ3v) is 5.63. The molecule has 3 heterocycles. The van der Waals surface area contributed by atoms with Crippen molar-refractivity contribution in [3.05, 3.63) is 47.8 Å². The van der Waals surface area contributed by atoms with Gasteiger partial charge >= 0.3 is 0 Å². The van der Waals surface area contributed by atoms with Crippen molar-refractivity contribution in [1.29, 1.82) is 0 Å². The summed E-state index contributed by atoms with van der Waals surface area (Å²) in [5.41, 5.74) is 1.88. The number of carbonyl (C=O) groups excluding carboxylic acids is 3. The van der Waals surface area contributed by atoms with E-state index in [1.54, 1.807) is 40.4 Å². The number of carbonyl (C=O) groups is 3. The van der Waals surface area contributed by atoms with Crippen LogP contribution in [0.25, 0.3) is 0 Å². The lowest BCUT2D eigenvalue weighted by atomic mass is 10.1. The van der Waals surface area contributed by atoms with E-state index >= 15 is 0 Å². The fraction of sp³-hybridized carbons (Fsp3) is 0.278. The lowest BCUT2D eigenvalue weighted by Gasteiger charge is -2.34. The molecule has 3 amide bonds. The Bertz CT molecular complexity index is 857. The number of anilines is 1. The fourth-order valence-corrected chi connectivity index (χ4v) is 3.94. The standard InChI is InChI=1S/C18H18N4O3S/c23-16-11-26-15-2-1-12(9-14(15)20-16)17(24)21-5-7-22(8-6-21)18(25)13-3-4-19-10-13/h1-4,9-10,19H,5-8,11H2,(H,20,23). The third-order valence-electron chi connectivity index (χ3n) is 4.56. The van der Waals surface area contributed by atoms with Crippen LogP contribution in [0.1, 0.15) is 20.7 Å². The number of hydrogen-bond acceptors (Lipinski definition) is 4. The molecule has 2 N–H and O–H groups in total. The number of rotatable bonds is 2. The first-order chi connectivity index (χ1) is 12.6. The van der Waals surface area contributed by atoms with Gasteiger partial charge in [0.1, 0.15) is 0 Å². The van der Waals surface area contributed by atoms with Crippen molar-refractivity contribution in [3.63, 3.8) is 0 Å². The number of fused-ring (bicyclic) bond motifs is 1. The van der Waals surface area contributed by atoms with Gasteiger partial charge in [0.2, 0.25) is 5.91 Å². The van der Waals surface area contributed by atoms with Crippen molar-refractivity contribution < 1.29 is 14.4 Å². The maximum absolute atomic E-state index is 12.8. The number of hydrogen-bond donors (Lipinski definition) is 2. The van der Waals surface area contributed by atoms with Crippen LogP contribution in [0.15, 0.2) is 41.6 Å². The first-order valence-corrected chi connectivity index (χ1v) is 9.38. The van der Waals surface area contributed by atoms with Gasteiger partial charge in [-0.3, -0.25) is 14.4 Å². The molecule has 2 aliphatic rings.